The van der Waals surface area contributed by atoms with Crippen LogP contribution in [0.1, 0.15) is 36.6 Å². The van der Waals surface area contributed by atoms with Crippen molar-refractivity contribution in [3.8, 4) is 0 Å². The van der Waals surface area contributed by atoms with Crippen LogP contribution in [0.15, 0.2) is 12.3 Å². The van der Waals surface area contributed by atoms with E-state index in [0.29, 0.717) is 6.04 Å². The van der Waals surface area contributed by atoms with Crippen molar-refractivity contribution in [2.75, 3.05) is 6.54 Å². The summed E-state index contributed by atoms with van der Waals surface area (Å²) in [7, 11) is 0. The van der Waals surface area contributed by atoms with E-state index in [0.717, 1.165) is 17.3 Å². The van der Waals surface area contributed by atoms with Crippen LogP contribution in [-0.2, 0) is 0 Å². The van der Waals surface area contributed by atoms with Crippen LogP contribution in [0.5, 0.6) is 0 Å². The zero-order valence-corrected chi connectivity index (χ0v) is 9.14. The number of pyridine rings is 1. The monoisotopic (exact) mass is 210 g/mol. The molecule has 1 aliphatic heterocycles. The second kappa shape index (κ2) is 4.28. The lowest BCUT2D eigenvalue weighted by molar-refractivity contribution is 0.404. The summed E-state index contributed by atoms with van der Waals surface area (Å²) in [6.07, 6.45) is 5.50. The molecule has 1 aromatic rings. The van der Waals surface area contributed by atoms with E-state index in [4.69, 9.17) is 11.6 Å². The molecule has 1 atom stereocenters. The van der Waals surface area contributed by atoms with Gasteiger partial charge in [-0.1, -0.05) is 18.0 Å². The highest BCUT2D eigenvalue weighted by molar-refractivity contribution is 6.30. The van der Waals surface area contributed by atoms with Gasteiger partial charge in [-0.2, -0.15) is 0 Å². The third-order valence-corrected chi connectivity index (χ3v) is 2.93. The number of piperidine rings is 1. The van der Waals surface area contributed by atoms with E-state index in [2.05, 4.69) is 17.2 Å². The summed E-state index contributed by atoms with van der Waals surface area (Å²) in [5.41, 5.74) is 2.35. The Labute approximate surface area is 89.7 Å². The quantitative estimate of drug-likeness (QED) is 0.771. The molecule has 1 fully saturated rings. The molecule has 14 heavy (non-hydrogen) atoms. The topological polar surface area (TPSA) is 24.9 Å². The van der Waals surface area contributed by atoms with Crippen molar-refractivity contribution in [2.45, 2.75) is 32.2 Å². The van der Waals surface area contributed by atoms with Crippen molar-refractivity contribution >= 4 is 11.6 Å². The molecule has 0 bridgehead atoms. The maximum absolute atomic E-state index is 5.87. The van der Waals surface area contributed by atoms with Crippen LogP contribution in [0.4, 0.5) is 0 Å². The van der Waals surface area contributed by atoms with Crippen molar-refractivity contribution in [1.82, 2.24) is 10.3 Å². The Morgan fingerprint density at radius 2 is 2.36 bits per heavy atom. The fraction of sp³-hybridized carbons (Fsp3) is 0.545. The zero-order chi connectivity index (χ0) is 9.97. The van der Waals surface area contributed by atoms with E-state index in [-0.39, 0.29) is 0 Å². The van der Waals surface area contributed by atoms with Crippen LogP contribution in [0, 0.1) is 6.92 Å². The van der Waals surface area contributed by atoms with E-state index in [1.807, 2.05) is 6.07 Å². The average molecular weight is 211 g/mol. The summed E-state index contributed by atoms with van der Waals surface area (Å²) >= 11 is 5.87. The zero-order valence-electron chi connectivity index (χ0n) is 8.39. The molecule has 2 rings (SSSR count). The molecule has 2 heterocycles. The highest BCUT2D eigenvalue weighted by Crippen LogP contribution is 2.24. The Kier molecular flexibility index (Phi) is 3.04. The first-order valence-electron chi connectivity index (χ1n) is 5.13. The van der Waals surface area contributed by atoms with Gasteiger partial charge in [0.15, 0.2) is 0 Å². The molecule has 0 aliphatic carbocycles. The van der Waals surface area contributed by atoms with E-state index >= 15 is 0 Å². The molecule has 0 saturated carbocycles. The van der Waals surface area contributed by atoms with Crippen LogP contribution in [-0.4, -0.2) is 11.5 Å². The third-order valence-electron chi connectivity index (χ3n) is 2.73. The lowest BCUT2D eigenvalue weighted by Crippen LogP contribution is -2.28. The van der Waals surface area contributed by atoms with Crippen LogP contribution in [0.2, 0.25) is 5.02 Å². The molecular formula is C11H15ClN2. The smallest absolute Gasteiger partial charge is 0.0603 e. The Hall–Kier alpha value is -0.600. The second-order valence-electron chi connectivity index (χ2n) is 3.86. The SMILES string of the molecule is Cc1cc(Cl)cnc1C1CCCCN1. The summed E-state index contributed by atoms with van der Waals surface area (Å²) in [6.45, 7) is 3.18. The number of halogens is 1. The van der Waals surface area contributed by atoms with E-state index in [9.17, 15) is 0 Å². The Morgan fingerprint density at radius 3 is 3.00 bits per heavy atom. The van der Waals surface area contributed by atoms with Gasteiger partial charge in [-0.25, -0.2) is 0 Å². The van der Waals surface area contributed by atoms with Gasteiger partial charge in [0.2, 0.25) is 0 Å². The van der Waals surface area contributed by atoms with Crippen molar-refractivity contribution in [1.29, 1.82) is 0 Å². The van der Waals surface area contributed by atoms with Crippen molar-refractivity contribution in [3.63, 3.8) is 0 Å². The highest BCUT2D eigenvalue weighted by atomic mass is 35.5. The number of nitrogens with one attached hydrogen (secondary N) is 1. The molecule has 3 heteroatoms. The number of nitrogens with zero attached hydrogens (tertiary/aromatic N) is 1. The van der Waals surface area contributed by atoms with Crippen LogP contribution >= 0.6 is 11.6 Å². The molecule has 1 saturated heterocycles. The summed E-state index contributed by atoms with van der Waals surface area (Å²) in [5.74, 6) is 0. The fourth-order valence-corrected chi connectivity index (χ4v) is 2.21. The van der Waals surface area contributed by atoms with Gasteiger partial charge in [-0.3, -0.25) is 4.98 Å². The molecule has 1 aromatic heterocycles. The molecule has 0 amide bonds. The molecule has 0 aromatic carbocycles. The van der Waals surface area contributed by atoms with Gasteiger partial charge >= 0.3 is 0 Å². The maximum Gasteiger partial charge on any atom is 0.0603 e. The third kappa shape index (κ3) is 2.07. The standard InChI is InChI=1S/C11H15ClN2/c1-8-6-9(12)7-14-11(8)10-4-2-3-5-13-10/h6-7,10,13H,2-5H2,1H3. The minimum Gasteiger partial charge on any atom is -0.309 e. The number of hydrogen-bond donors (Lipinski definition) is 1. The molecule has 76 valence electrons. The van der Waals surface area contributed by atoms with Crippen LogP contribution in [0.25, 0.3) is 0 Å². The lowest BCUT2D eigenvalue weighted by Gasteiger charge is -2.24. The van der Waals surface area contributed by atoms with Crippen LogP contribution < -0.4 is 5.32 Å². The minimum atomic E-state index is 0.431. The summed E-state index contributed by atoms with van der Waals surface area (Å²) < 4.78 is 0. The van der Waals surface area contributed by atoms with Crippen molar-refractivity contribution in [3.05, 3.63) is 28.5 Å². The lowest BCUT2D eigenvalue weighted by atomic mass is 9.99. The number of aromatic nitrogens is 1. The Balaban J connectivity index is 2.22. The Bertz CT molecular complexity index is 319. The normalized spacial score (nSPS) is 22.3. The van der Waals surface area contributed by atoms with E-state index in [1.54, 1.807) is 6.20 Å². The molecule has 0 radical (unpaired) electrons. The first-order valence-corrected chi connectivity index (χ1v) is 5.50. The first kappa shape index (κ1) is 9.94. The largest absolute Gasteiger partial charge is 0.309 e. The average Bonchev–Trinajstić information content (AvgIpc) is 2.19. The van der Waals surface area contributed by atoms with E-state index < -0.39 is 0 Å². The first-order chi connectivity index (χ1) is 6.77. The van der Waals surface area contributed by atoms with Crippen LogP contribution in [0.3, 0.4) is 0 Å². The molecular weight excluding hydrogens is 196 g/mol. The van der Waals surface area contributed by atoms with E-state index in [1.165, 1.54) is 24.8 Å². The second-order valence-corrected chi connectivity index (χ2v) is 4.29. The van der Waals surface area contributed by atoms with Gasteiger partial charge < -0.3 is 5.32 Å². The van der Waals surface area contributed by atoms with Gasteiger partial charge in [-0.15, -0.1) is 0 Å². The summed E-state index contributed by atoms with van der Waals surface area (Å²) in [6, 6.07) is 2.42. The molecule has 1 unspecified atom stereocenters. The van der Waals surface area contributed by atoms with Gasteiger partial charge in [0.05, 0.1) is 10.7 Å². The number of aryl methyl sites for hydroxylation is 1. The van der Waals surface area contributed by atoms with Gasteiger partial charge in [0, 0.05) is 12.2 Å². The van der Waals surface area contributed by atoms with Gasteiger partial charge in [-0.05, 0) is 37.9 Å². The molecule has 1 aliphatic rings. The van der Waals surface area contributed by atoms with Crippen molar-refractivity contribution in [2.24, 2.45) is 0 Å². The summed E-state index contributed by atoms with van der Waals surface area (Å²) in [4.78, 5) is 4.41. The van der Waals surface area contributed by atoms with Crippen molar-refractivity contribution < 1.29 is 0 Å². The Morgan fingerprint density at radius 1 is 1.50 bits per heavy atom. The summed E-state index contributed by atoms with van der Waals surface area (Å²) in [5, 5.41) is 4.21. The fourth-order valence-electron chi connectivity index (χ4n) is 2.00. The molecule has 2 nitrogen and oxygen atoms in total. The number of rotatable bonds is 1. The predicted octanol–water partition coefficient (Wildman–Crippen LogP) is 2.86. The highest BCUT2D eigenvalue weighted by Gasteiger charge is 2.17. The van der Waals surface area contributed by atoms with Gasteiger partial charge in [0.25, 0.3) is 0 Å². The molecule has 1 N–H and O–H groups in total. The minimum absolute atomic E-state index is 0.431. The number of hydrogen-bond acceptors (Lipinski definition) is 2. The maximum atomic E-state index is 5.87. The molecule has 0 spiro atoms. The van der Waals surface area contributed by atoms with Gasteiger partial charge in [0.1, 0.15) is 0 Å². The predicted molar refractivity (Wildman–Crippen MR) is 58.6 cm³/mol.